The summed E-state index contributed by atoms with van der Waals surface area (Å²) in [5, 5.41) is 0. The van der Waals surface area contributed by atoms with E-state index in [2.05, 4.69) is 16.9 Å². The summed E-state index contributed by atoms with van der Waals surface area (Å²) in [6.07, 6.45) is 0.992. The summed E-state index contributed by atoms with van der Waals surface area (Å²) >= 11 is 0. The van der Waals surface area contributed by atoms with Crippen molar-refractivity contribution in [2.45, 2.75) is 27.2 Å². The first-order valence-electron chi connectivity index (χ1n) is 6.12. The van der Waals surface area contributed by atoms with Gasteiger partial charge in [0.05, 0.1) is 0 Å². The molecule has 0 aromatic carbocycles. The first-order chi connectivity index (χ1) is 8.54. The number of anilines is 1. The lowest BCUT2D eigenvalue weighted by atomic mass is 10.2. The predicted molar refractivity (Wildman–Crippen MR) is 72.3 cm³/mol. The van der Waals surface area contributed by atoms with Gasteiger partial charge in [0.15, 0.2) is 0 Å². The minimum Gasteiger partial charge on any atom is -0.344 e. The molecule has 0 fully saturated rings. The Bertz CT molecular complexity index is 633. The summed E-state index contributed by atoms with van der Waals surface area (Å²) in [5.41, 5.74) is 2.33. The third kappa shape index (κ3) is 2.08. The van der Waals surface area contributed by atoms with Crippen LogP contribution in [0.2, 0.25) is 0 Å². The molecule has 96 valence electrons. The highest BCUT2D eigenvalue weighted by atomic mass is 16.1. The van der Waals surface area contributed by atoms with Crippen LogP contribution in [0.25, 0.3) is 5.65 Å². The lowest BCUT2D eigenvalue weighted by molar-refractivity contribution is 0.795. The highest BCUT2D eigenvalue weighted by Gasteiger charge is 2.09. The van der Waals surface area contributed by atoms with Gasteiger partial charge in [-0.05, 0) is 31.9 Å². The largest absolute Gasteiger partial charge is 0.356 e. The summed E-state index contributed by atoms with van der Waals surface area (Å²) in [7, 11) is 1.90. The standard InChI is InChI=1S/C13H18N4O/c1-5-8-16(4)12-14-11-7-6-9(2)10(3)17(11)13(18)15-12/h6-7H,5,8H2,1-4H3. The zero-order chi connectivity index (χ0) is 13.3. The van der Waals surface area contributed by atoms with Crippen LogP contribution in [-0.2, 0) is 0 Å². The SMILES string of the molecule is CCCN(C)c1nc(=O)n2c(C)c(C)ccc2n1. The van der Waals surface area contributed by atoms with E-state index in [9.17, 15) is 4.79 Å². The molecule has 0 aliphatic rings. The maximum absolute atomic E-state index is 12.1. The van der Waals surface area contributed by atoms with E-state index in [0.29, 0.717) is 11.6 Å². The molecule has 0 radical (unpaired) electrons. The fourth-order valence-corrected chi connectivity index (χ4v) is 1.94. The molecule has 0 amide bonds. The fourth-order valence-electron chi connectivity index (χ4n) is 1.94. The molecule has 5 heteroatoms. The van der Waals surface area contributed by atoms with Crippen molar-refractivity contribution in [3.8, 4) is 0 Å². The second-order valence-corrected chi connectivity index (χ2v) is 4.52. The molecule has 2 aromatic heterocycles. The Balaban J connectivity index is 2.64. The van der Waals surface area contributed by atoms with Gasteiger partial charge in [0.25, 0.3) is 0 Å². The topological polar surface area (TPSA) is 50.5 Å². The molecule has 0 saturated carbocycles. The van der Waals surface area contributed by atoms with Crippen LogP contribution < -0.4 is 10.6 Å². The quantitative estimate of drug-likeness (QED) is 0.824. The average Bonchev–Trinajstić information content (AvgIpc) is 2.33. The lowest BCUT2D eigenvalue weighted by Crippen LogP contribution is -2.28. The number of hydrogen-bond acceptors (Lipinski definition) is 4. The Kier molecular flexibility index (Phi) is 3.32. The molecule has 2 heterocycles. The minimum atomic E-state index is -0.265. The van der Waals surface area contributed by atoms with Crippen molar-refractivity contribution in [1.29, 1.82) is 0 Å². The van der Waals surface area contributed by atoms with Gasteiger partial charge in [0, 0.05) is 19.3 Å². The molecule has 0 unspecified atom stereocenters. The Labute approximate surface area is 106 Å². The number of aromatic nitrogens is 3. The van der Waals surface area contributed by atoms with Crippen LogP contribution in [0.15, 0.2) is 16.9 Å². The van der Waals surface area contributed by atoms with Gasteiger partial charge in [-0.25, -0.2) is 9.20 Å². The zero-order valence-electron chi connectivity index (χ0n) is 11.3. The number of pyridine rings is 1. The molecule has 0 saturated heterocycles. The second kappa shape index (κ2) is 4.76. The molecule has 2 aromatic rings. The van der Waals surface area contributed by atoms with Gasteiger partial charge in [0.1, 0.15) is 5.65 Å². The van der Waals surface area contributed by atoms with Gasteiger partial charge in [-0.1, -0.05) is 13.0 Å². The summed E-state index contributed by atoms with van der Waals surface area (Å²) in [6.45, 7) is 6.79. The van der Waals surface area contributed by atoms with Crippen LogP contribution in [0.5, 0.6) is 0 Å². The van der Waals surface area contributed by atoms with Crippen molar-refractivity contribution in [2.24, 2.45) is 0 Å². The molecule has 0 aliphatic heterocycles. The van der Waals surface area contributed by atoms with Crippen molar-refractivity contribution in [1.82, 2.24) is 14.4 Å². The molecule has 0 aliphatic carbocycles. The van der Waals surface area contributed by atoms with Crippen LogP contribution in [0, 0.1) is 13.8 Å². The zero-order valence-corrected chi connectivity index (χ0v) is 11.3. The van der Waals surface area contributed by atoms with E-state index in [1.54, 1.807) is 4.40 Å². The van der Waals surface area contributed by atoms with Crippen LogP contribution in [0.1, 0.15) is 24.6 Å². The van der Waals surface area contributed by atoms with Gasteiger partial charge >= 0.3 is 5.69 Å². The van der Waals surface area contributed by atoms with E-state index in [4.69, 9.17) is 0 Å². The average molecular weight is 246 g/mol. The first-order valence-corrected chi connectivity index (χ1v) is 6.12. The molecule has 0 atom stereocenters. The third-order valence-electron chi connectivity index (χ3n) is 3.12. The summed E-state index contributed by atoms with van der Waals surface area (Å²) in [6, 6.07) is 3.83. The normalized spacial score (nSPS) is 10.9. The van der Waals surface area contributed by atoms with E-state index in [0.717, 1.165) is 24.2 Å². The van der Waals surface area contributed by atoms with Crippen LogP contribution in [0.3, 0.4) is 0 Å². The van der Waals surface area contributed by atoms with Gasteiger partial charge in [0.2, 0.25) is 5.95 Å². The number of rotatable bonds is 3. The molecular formula is C13H18N4O. The maximum Gasteiger partial charge on any atom is 0.356 e. The lowest BCUT2D eigenvalue weighted by Gasteiger charge is -2.16. The Morgan fingerprint density at radius 1 is 1.28 bits per heavy atom. The number of aryl methyl sites for hydroxylation is 2. The van der Waals surface area contributed by atoms with Crippen molar-refractivity contribution in [3.63, 3.8) is 0 Å². The molecular weight excluding hydrogens is 228 g/mol. The second-order valence-electron chi connectivity index (χ2n) is 4.52. The monoisotopic (exact) mass is 246 g/mol. The number of nitrogens with zero attached hydrogens (tertiary/aromatic N) is 4. The maximum atomic E-state index is 12.1. The highest BCUT2D eigenvalue weighted by Crippen LogP contribution is 2.10. The van der Waals surface area contributed by atoms with Crippen molar-refractivity contribution in [3.05, 3.63) is 33.9 Å². The van der Waals surface area contributed by atoms with Crippen LogP contribution in [0.4, 0.5) is 5.95 Å². The van der Waals surface area contributed by atoms with Gasteiger partial charge in [-0.2, -0.15) is 9.97 Å². The van der Waals surface area contributed by atoms with Crippen molar-refractivity contribution in [2.75, 3.05) is 18.5 Å². The summed E-state index contributed by atoms with van der Waals surface area (Å²) in [4.78, 5) is 22.4. The Morgan fingerprint density at radius 3 is 2.67 bits per heavy atom. The number of hydrogen-bond donors (Lipinski definition) is 0. The Hall–Kier alpha value is -1.91. The van der Waals surface area contributed by atoms with E-state index < -0.39 is 0 Å². The van der Waals surface area contributed by atoms with Crippen LogP contribution in [-0.4, -0.2) is 28.0 Å². The molecule has 0 bridgehead atoms. The Morgan fingerprint density at radius 2 is 2.00 bits per heavy atom. The van der Waals surface area contributed by atoms with Gasteiger partial charge in [-0.3, -0.25) is 0 Å². The van der Waals surface area contributed by atoms with E-state index >= 15 is 0 Å². The highest BCUT2D eigenvalue weighted by molar-refractivity contribution is 5.46. The molecule has 0 N–H and O–H groups in total. The molecule has 0 spiro atoms. The first kappa shape index (κ1) is 12.5. The third-order valence-corrected chi connectivity index (χ3v) is 3.12. The predicted octanol–water partition coefficient (Wildman–Crippen LogP) is 1.55. The van der Waals surface area contributed by atoms with Crippen LogP contribution >= 0.6 is 0 Å². The number of fused-ring (bicyclic) bond motifs is 1. The molecule has 18 heavy (non-hydrogen) atoms. The van der Waals surface area contributed by atoms with E-state index in [-0.39, 0.29) is 5.69 Å². The fraction of sp³-hybridized carbons (Fsp3) is 0.462. The molecule has 2 rings (SSSR count). The minimum absolute atomic E-state index is 0.265. The van der Waals surface area contributed by atoms with Gasteiger partial charge in [-0.15, -0.1) is 0 Å². The van der Waals surface area contributed by atoms with E-state index in [1.165, 1.54) is 0 Å². The smallest absolute Gasteiger partial charge is 0.344 e. The van der Waals surface area contributed by atoms with Crippen molar-refractivity contribution >= 4 is 11.6 Å². The summed E-state index contributed by atoms with van der Waals surface area (Å²) < 4.78 is 1.55. The summed E-state index contributed by atoms with van der Waals surface area (Å²) in [5.74, 6) is 0.491. The molecule has 5 nitrogen and oxygen atoms in total. The van der Waals surface area contributed by atoms with Gasteiger partial charge < -0.3 is 4.90 Å². The van der Waals surface area contributed by atoms with Crippen molar-refractivity contribution < 1.29 is 0 Å². The van der Waals surface area contributed by atoms with E-state index in [1.807, 2.05) is 37.9 Å².